The number of hydrogen-bond acceptors (Lipinski definition) is 6. The highest BCUT2D eigenvalue weighted by Gasteiger charge is 2.31. The van der Waals surface area contributed by atoms with Crippen LogP contribution in [0.2, 0.25) is 0 Å². The van der Waals surface area contributed by atoms with Gasteiger partial charge in [0.05, 0.1) is 17.9 Å². The van der Waals surface area contributed by atoms with E-state index in [1.54, 1.807) is 0 Å². The summed E-state index contributed by atoms with van der Waals surface area (Å²) in [6.45, 7) is 7.37. The number of rotatable bonds is 13. The summed E-state index contributed by atoms with van der Waals surface area (Å²) in [6, 6.07) is 9.37. The lowest BCUT2D eigenvalue weighted by Crippen LogP contribution is -2.34. The van der Waals surface area contributed by atoms with Gasteiger partial charge in [-0.1, -0.05) is 56.5 Å². The van der Waals surface area contributed by atoms with Crippen LogP contribution in [0.5, 0.6) is 5.75 Å². The molecule has 0 aliphatic heterocycles. The van der Waals surface area contributed by atoms with Crippen molar-refractivity contribution in [2.45, 2.75) is 83.9 Å². The lowest BCUT2D eigenvalue weighted by molar-refractivity contribution is -0.155. The average molecular weight is 443 g/mol. The summed E-state index contributed by atoms with van der Waals surface area (Å²) in [4.78, 5) is 14.9. The first-order chi connectivity index (χ1) is 15.7. The summed E-state index contributed by atoms with van der Waals surface area (Å²) in [6.07, 6.45) is 10.6. The maximum absolute atomic E-state index is 12.4. The molecule has 0 amide bonds. The van der Waals surface area contributed by atoms with Crippen molar-refractivity contribution in [3.8, 4) is 5.75 Å². The van der Waals surface area contributed by atoms with E-state index in [0.717, 1.165) is 51.0 Å². The molecule has 1 saturated carbocycles. The van der Waals surface area contributed by atoms with Crippen LogP contribution in [0.4, 0.5) is 0 Å². The second-order valence-corrected chi connectivity index (χ2v) is 8.65. The molecular formula is C25H38N4O3. The van der Waals surface area contributed by atoms with Crippen molar-refractivity contribution in [1.29, 1.82) is 0 Å². The number of hydrogen-bond donors (Lipinski definition) is 0. The lowest BCUT2D eigenvalue weighted by atomic mass is 9.92. The maximum Gasteiger partial charge on any atom is 0.344 e. The molecule has 32 heavy (non-hydrogen) atoms. The summed E-state index contributed by atoms with van der Waals surface area (Å²) < 4.78 is 13.3. The summed E-state index contributed by atoms with van der Waals surface area (Å²) in [5.41, 5.74) is 0.986. The number of esters is 1. The van der Waals surface area contributed by atoms with E-state index in [-0.39, 0.29) is 24.7 Å². The highest BCUT2D eigenvalue weighted by Crippen LogP contribution is 2.30. The molecule has 0 bridgehead atoms. The van der Waals surface area contributed by atoms with Gasteiger partial charge in [-0.2, -0.15) is 0 Å². The third-order valence-electron chi connectivity index (χ3n) is 5.99. The Kier molecular flexibility index (Phi) is 10.0. The topological polar surface area (TPSA) is 69.5 Å². The Bertz CT molecular complexity index is 787. The van der Waals surface area contributed by atoms with E-state index in [1.165, 1.54) is 25.7 Å². The molecule has 0 saturated heterocycles. The summed E-state index contributed by atoms with van der Waals surface area (Å²) in [5, 5.41) is 8.87. The normalized spacial score (nSPS) is 18.6. The number of nitrogens with zero attached hydrogens (tertiary/aromatic N) is 4. The fraction of sp³-hybridized carbons (Fsp3) is 0.640. The predicted octanol–water partition coefficient (Wildman–Crippen LogP) is 4.79. The SMILES string of the molecule is CCCCN(CCCC)Cc1cn([C@@H]2CCCC[C@H]2OC(=O)COc2ccccc2)nn1. The molecular weight excluding hydrogens is 404 g/mol. The van der Waals surface area contributed by atoms with Crippen LogP contribution < -0.4 is 4.74 Å². The molecule has 2 aromatic rings. The van der Waals surface area contributed by atoms with Crippen LogP contribution in [0.25, 0.3) is 0 Å². The van der Waals surface area contributed by atoms with Crippen molar-refractivity contribution < 1.29 is 14.3 Å². The number of benzene rings is 1. The van der Waals surface area contributed by atoms with Gasteiger partial charge in [0, 0.05) is 6.54 Å². The number of carbonyl (C=O) groups is 1. The van der Waals surface area contributed by atoms with E-state index in [1.807, 2.05) is 41.2 Å². The smallest absolute Gasteiger partial charge is 0.344 e. The van der Waals surface area contributed by atoms with Gasteiger partial charge in [-0.05, 0) is 57.3 Å². The van der Waals surface area contributed by atoms with Crippen LogP contribution >= 0.6 is 0 Å². The Morgan fingerprint density at radius 3 is 2.53 bits per heavy atom. The van der Waals surface area contributed by atoms with Gasteiger partial charge in [0.1, 0.15) is 11.9 Å². The van der Waals surface area contributed by atoms with Crippen molar-refractivity contribution in [3.05, 3.63) is 42.2 Å². The number of carbonyl (C=O) groups excluding carboxylic acids is 1. The van der Waals surface area contributed by atoms with Gasteiger partial charge < -0.3 is 9.47 Å². The minimum absolute atomic E-state index is 0.0328. The quantitative estimate of drug-likeness (QED) is 0.416. The Morgan fingerprint density at radius 2 is 1.81 bits per heavy atom. The minimum atomic E-state index is -0.337. The van der Waals surface area contributed by atoms with Crippen LogP contribution in [0.15, 0.2) is 36.5 Å². The molecule has 7 heteroatoms. The zero-order valence-corrected chi connectivity index (χ0v) is 19.6. The van der Waals surface area contributed by atoms with Gasteiger partial charge in [0.25, 0.3) is 0 Å². The van der Waals surface area contributed by atoms with Gasteiger partial charge in [0.15, 0.2) is 6.61 Å². The highest BCUT2D eigenvalue weighted by atomic mass is 16.6. The molecule has 2 atom stereocenters. The zero-order valence-electron chi connectivity index (χ0n) is 19.6. The van der Waals surface area contributed by atoms with Gasteiger partial charge in [-0.25, -0.2) is 9.48 Å². The largest absolute Gasteiger partial charge is 0.482 e. The molecule has 1 fully saturated rings. The predicted molar refractivity (Wildman–Crippen MR) is 124 cm³/mol. The molecule has 1 heterocycles. The summed E-state index contributed by atoms with van der Waals surface area (Å²) in [5.74, 6) is 0.331. The second-order valence-electron chi connectivity index (χ2n) is 8.65. The first-order valence-electron chi connectivity index (χ1n) is 12.2. The molecule has 176 valence electrons. The molecule has 1 aliphatic carbocycles. The maximum atomic E-state index is 12.4. The second kappa shape index (κ2) is 13.2. The van der Waals surface area contributed by atoms with Gasteiger partial charge in [-0.3, -0.25) is 4.90 Å². The molecule has 1 aromatic carbocycles. The van der Waals surface area contributed by atoms with Crippen molar-refractivity contribution in [3.63, 3.8) is 0 Å². The fourth-order valence-corrected chi connectivity index (χ4v) is 4.19. The molecule has 7 nitrogen and oxygen atoms in total. The third-order valence-corrected chi connectivity index (χ3v) is 5.99. The molecule has 0 spiro atoms. The molecule has 1 aromatic heterocycles. The van der Waals surface area contributed by atoms with Crippen molar-refractivity contribution in [2.75, 3.05) is 19.7 Å². The van der Waals surface area contributed by atoms with E-state index in [2.05, 4.69) is 29.1 Å². The van der Waals surface area contributed by atoms with Gasteiger partial charge in [-0.15, -0.1) is 5.10 Å². The number of para-hydroxylation sites is 1. The van der Waals surface area contributed by atoms with Crippen molar-refractivity contribution in [2.24, 2.45) is 0 Å². The van der Waals surface area contributed by atoms with Crippen LogP contribution in [-0.2, 0) is 16.1 Å². The number of unbranched alkanes of at least 4 members (excludes halogenated alkanes) is 2. The zero-order chi connectivity index (χ0) is 22.6. The Labute approximate surface area is 192 Å². The van der Waals surface area contributed by atoms with Crippen molar-refractivity contribution >= 4 is 5.97 Å². The lowest BCUT2D eigenvalue weighted by Gasteiger charge is -2.30. The van der Waals surface area contributed by atoms with E-state index in [9.17, 15) is 4.79 Å². The Morgan fingerprint density at radius 1 is 1.09 bits per heavy atom. The first-order valence-corrected chi connectivity index (χ1v) is 12.2. The van der Waals surface area contributed by atoms with E-state index in [0.29, 0.717) is 5.75 Å². The number of aromatic nitrogens is 3. The van der Waals surface area contributed by atoms with E-state index in [4.69, 9.17) is 9.47 Å². The van der Waals surface area contributed by atoms with Crippen LogP contribution in [0.1, 0.15) is 76.9 Å². The molecule has 0 unspecified atom stereocenters. The first kappa shape index (κ1) is 24.2. The summed E-state index contributed by atoms with van der Waals surface area (Å²) >= 11 is 0. The van der Waals surface area contributed by atoms with Crippen LogP contribution in [0.3, 0.4) is 0 Å². The minimum Gasteiger partial charge on any atom is -0.482 e. The molecule has 1 aliphatic rings. The average Bonchev–Trinajstić information content (AvgIpc) is 3.29. The van der Waals surface area contributed by atoms with Gasteiger partial charge >= 0.3 is 5.97 Å². The monoisotopic (exact) mass is 442 g/mol. The molecule has 0 radical (unpaired) electrons. The standard InChI is InChI=1S/C25H38N4O3/c1-3-5-16-28(17-6-4-2)18-21-19-29(27-26-21)23-14-10-11-15-24(23)32-25(30)20-31-22-12-8-7-9-13-22/h7-9,12-13,19,23-24H,3-6,10-11,14-18,20H2,1-2H3/t23-,24-/m1/s1. The van der Waals surface area contributed by atoms with Crippen molar-refractivity contribution in [1.82, 2.24) is 19.9 Å². The van der Waals surface area contributed by atoms with Gasteiger partial charge in [0.2, 0.25) is 0 Å². The Hall–Kier alpha value is -2.41. The fourth-order valence-electron chi connectivity index (χ4n) is 4.19. The Balaban J connectivity index is 1.56. The summed E-state index contributed by atoms with van der Waals surface area (Å²) in [7, 11) is 0. The van der Waals surface area contributed by atoms with Crippen LogP contribution in [0, 0.1) is 0 Å². The highest BCUT2D eigenvalue weighted by molar-refractivity contribution is 5.71. The van der Waals surface area contributed by atoms with Crippen LogP contribution in [-0.4, -0.2) is 51.7 Å². The third kappa shape index (κ3) is 7.62. The van der Waals surface area contributed by atoms with E-state index >= 15 is 0 Å². The molecule has 3 rings (SSSR count). The number of ether oxygens (including phenoxy) is 2. The van der Waals surface area contributed by atoms with E-state index < -0.39 is 0 Å². The molecule has 0 N–H and O–H groups in total.